The van der Waals surface area contributed by atoms with Gasteiger partial charge in [-0.05, 0) is 49.6 Å². The van der Waals surface area contributed by atoms with E-state index in [1.54, 1.807) is 6.07 Å². The Bertz CT molecular complexity index is 1200. The predicted octanol–water partition coefficient (Wildman–Crippen LogP) is 2.79. The van der Waals surface area contributed by atoms with Gasteiger partial charge in [0.2, 0.25) is 17.3 Å². The molecule has 2 aliphatic heterocycles. The molecule has 8 nitrogen and oxygen atoms in total. The van der Waals surface area contributed by atoms with Crippen molar-refractivity contribution in [1.29, 1.82) is 0 Å². The molecule has 1 saturated heterocycles. The Morgan fingerprint density at radius 2 is 1.82 bits per heavy atom. The van der Waals surface area contributed by atoms with E-state index < -0.39 is 0 Å². The standard InChI is InChI=1S/C25H29N5O3/c31-21-9-6-18-4-3-5-20(24(18)26-21)30-15-13-29(14-16-30)12-1-2-17-33-23-11-8-19-7-10-22(32)27-25(19)28-23/h3-6,8-9,11H,1-2,7,10,12-17H2,(H,26,31)(H,27,28,32). The topological polar surface area (TPSA) is 90.6 Å². The van der Waals surface area contributed by atoms with Crippen LogP contribution in [-0.2, 0) is 11.2 Å². The minimum atomic E-state index is -0.0638. The summed E-state index contributed by atoms with van der Waals surface area (Å²) in [4.78, 5) is 35.6. The van der Waals surface area contributed by atoms with Crippen molar-refractivity contribution >= 4 is 28.3 Å². The van der Waals surface area contributed by atoms with Crippen LogP contribution in [0.5, 0.6) is 5.88 Å². The number of unbranched alkanes of at least 4 members (excludes halogenated alkanes) is 1. The number of carbonyl (C=O) groups is 1. The lowest BCUT2D eigenvalue weighted by molar-refractivity contribution is -0.116. The van der Waals surface area contributed by atoms with E-state index in [9.17, 15) is 9.59 Å². The van der Waals surface area contributed by atoms with Gasteiger partial charge >= 0.3 is 0 Å². The summed E-state index contributed by atoms with van der Waals surface area (Å²) in [5, 5.41) is 3.88. The van der Waals surface area contributed by atoms with Crippen molar-refractivity contribution in [3.8, 4) is 5.88 Å². The maximum Gasteiger partial charge on any atom is 0.248 e. The second-order valence-electron chi connectivity index (χ2n) is 8.65. The van der Waals surface area contributed by atoms with Crippen molar-refractivity contribution in [1.82, 2.24) is 14.9 Å². The molecule has 1 aromatic carbocycles. The maximum atomic E-state index is 11.8. The van der Waals surface area contributed by atoms with Gasteiger partial charge in [0.15, 0.2) is 0 Å². The molecule has 0 spiro atoms. The smallest absolute Gasteiger partial charge is 0.248 e. The average molecular weight is 448 g/mol. The number of hydrogen-bond acceptors (Lipinski definition) is 6. The van der Waals surface area contributed by atoms with Crippen LogP contribution in [0, 0.1) is 0 Å². The number of nitrogens with one attached hydrogen (secondary N) is 2. The molecule has 172 valence electrons. The first-order chi connectivity index (χ1) is 16.2. The van der Waals surface area contributed by atoms with Crippen molar-refractivity contribution < 1.29 is 9.53 Å². The van der Waals surface area contributed by atoms with Crippen molar-refractivity contribution in [3.63, 3.8) is 0 Å². The number of nitrogens with zero attached hydrogens (tertiary/aromatic N) is 3. The Morgan fingerprint density at radius 1 is 0.939 bits per heavy atom. The lowest BCUT2D eigenvalue weighted by Gasteiger charge is -2.36. The van der Waals surface area contributed by atoms with E-state index >= 15 is 0 Å². The number of rotatable bonds is 7. The minimum Gasteiger partial charge on any atom is -0.478 e. The summed E-state index contributed by atoms with van der Waals surface area (Å²) >= 11 is 0. The third-order valence-electron chi connectivity index (χ3n) is 6.40. The number of piperazine rings is 1. The quantitative estimate of drug-likeness (QED) is 0.542. The third-order valence-corrected chi connectivity index (χ3v) is 6.40. The van der Waals surface area contributed by atoms with Crippen LogP contribution in [0.25, 0.3) is 10.9 Å². The number of amides is 1. The zero-order chi connectivity index (χ0) is 22.6. The van der Waals surface area contributed by atoms with Crippen LogP contribution in [0.1, 0.15) is 24.8 Å². The van der Waals surface area contributed by atoms with E-state index in [4.69, 9.17) is 4.74 Å². The summed E-state index contributed by atoms with van der Waals surface area (Å²) in [6, 6.07) is 13.5. The molecule has 8 heteroatoms. The van der Waals surface area contributed by atoms with E-state index in [0.717, 1.165) is 74.1 Å². The number of benzene rings is 1. The van der Waals surface area contributed by atoms with E-state index in [2.05, 4.69) is 31.2 Å². The highest BCUT2D eigenvalue weighted by atomic mass is 16.5. The van der Waals surface area contributed by atoms with Crippen LogP contribution in [0.2, 0.25) is 0 Å². The maximum absolute atomic E-state index is 11.8. The summed E-state index contributed by atoms with van der Waals surface area (Å²) in [5.41, 5.74) is 3.03. The molecule has 2 N–H and O–H groups in total. The summed E-state index contributed by atoms with van der Waals surface area (Å²) in [5.74, 6) is 1.22. The molecule has 0 atom stereocenters. The molecule has 1 fully saturated rings. The Morgan fingerprint density at radius 3 is 2.70 bits per heavy atom. The van der Waals surface area contributed by atoms with Crippen LogP contribution < -0.4 is 20.5 Å². The lowest BCUT2D eigenvalue weighted by atomic mass is 10.1. The van der Waals surface area contributed by atoms with Gasteiger partial charge in [0.1, 0.15) is 5.82 Å². The van der Waals surface area contributed by atoms with Gasteiger partial charge in [0, 0.05) is 50.1 Å². The van der Waals surface area contributed by atoms with E-state index in [-0.39, 0.29) is 11.5 Å². The highest BCUT2D eigenvalue weighted by Crippen LogP contribution is 2.25. The van der Waals surface area contributed by atoms with Crippen LogP contribution in [0.4, 0.5) is 11.5 Å². The van der Waals surface area contributed by atoms with E-state index in [0.29, 0.717) is 24.7 Å². The van der Waals surface area contributed by atoms with E-state index in [1.165, 1.54) is 0 Å². The summed E-state index contributed by atoms with van der Waals surface area (Å²) < 4.78 is 5.80. The predicted molar refractivity (Wildman–Crippen MR) is 129 cm³/mol. The van der Waals surface area contributed by atoms with Crippen LogP contribution in [-0.4, -0.2) is 60.1 Å². The van der Waals surface area contributed by atoms with Crippen LogP contribution in [0.3, 0.4) is 0 Å². The number of ether oxygens (including phenoxy) is 1. The fraction of sp³-hybridized carbons (Fsp3) is 0.400. The van der Waals surface area contributed by atoms with Crippen LogP contribution in [0.15, 0.2) is 47.3 Å². The van der Waals surface area contributed by atoms with Gasteiger partial charge in [-0.15, -0.1) is 0 Å². The number of para-hydroxylation sites is 1. The van der Waals surface area contributed by atoms with Gasteiger partial charge in [-0.1, -0.05) is 12.1 Å². The van der Waals surface area contributed by atoms with Gasteiger partial charge in [-0.25, -0.2) is 0 Å². The van der Waals surface area contributed by atoms with Gasteiger partial charge in [0.25, 0.3) is 0 Å². The Labute approximate surface area is 192 Å². The Hall–Kier alpha value is -3.39. The summed E-state index contributed by atoms with van der Waals surface area (Å²) in [7, 11) is 0. The number of carbonyl (C=O) groups excluding carboxylic acids is 1. The summed E-state index contributed by atoms with van der Waals surface area (Å²) in [6.45, 7) is 5.54. The molecule has 4 heterocycles. The number of pyridine rings is 2. The van der Waals surface area contributed by atoms with Crippen molar-refractivity contribution in [2.45, 2.75) is 25.7 Å². The normalized spacial score (nSPS) is 16.5. The van der Waals surface area contributed by atoms with E-state index in [1.807, 2.05) is 30.3 Å². The van der Waals surface area contributed by atoms with Gasteiger partial charge < -0.3 is 19.9 Å². The molecule has 1 amide bonds. The summed E-state index contributed by atoms with van der Waals surface area (Å²) in [6.07, 6.45) is 3.27. The Kier molecular flexibility index (Phi) is 6.26. The number of aromatic amines is 1. The van der Waals surface area contributed by atoms with Gasteiger partial charge in [0.05, 0.1) is 17.8 Å². The molecular weight excluding hydrogens is 418 g/mol. The third kappa shape index (κ3) is 5.01. The second kappa shape index (κ2) is 9.62. The Balaban J connectivity index is 1.06. The first-order valence-corrected chi connectivity index (χ1v) is 11.7. The van der Waals surface area contributed by atoms with Crippen LogP contribution >= 0.6 is 0 Å². The molecule has 0 bridgehead atoms. The average Bonchev–Trinajstić information content (AvgIpc) is 2.83. The molecule has 3 aromatic rings. The number of aromatic nitrogens is 2. The second-order valence-corrected chi connectivity index (χ2v) is 8.65. The number of aryl methyl sites for hydroxylation is 1. The molecule has 5 rings (SSSR count). The first-order valence-electron chi connectivity index (χ1n) is 11.7. The molecule has 0 unspecified atom stereocenters. The molecule has 0 aliphatic carbocycles. The molecule has 33 heavy (non-hydrogen) atoms. The van der Waals surface area contributed by atoms with Crippen molar-refractivity contribution in [2.24, 2.45) is 0 Å². The fourth-order valence-electron chi connectivity index (χ4n) is 4.56. The van der Waals surface area contributed by atoms with Crippen molar-refractivity contribution in [3.05, 3.63) is 58.4 Å². The molecule has 2 aliphatic rings. The monoisotopic (exact) mass is 447 g/mol. The fourth-order valence-corrected chi connectivity index (χ4v) is 4.56. The molecule has 2 aromatic heterocycles. The van der Waals surface area contributed by atoms with Gasteiger partial charge in [-0.3, -0.25) is 14.5 Å². The van der Waals surface area contributed by atoms with Crippen molar-refractivity contribution in [2.75, 3.05) is 49.5 Å². The number of fused-ring (bicyclic) bond motifs is 2. The SMILES string of the molecule is O=C1CCc2ccc(OCCCCN3CCN(c4cccc5ccc(=O)[nH]c45)CC3)nc2N1. The zero-order valence-corrected chi connectivity index (χ0v) is 18.7. The first kappa shape index (κ1) is 21.5. The highest BCUT2D eigenvalue weighted by molar-refractivity contribution is 5.93. The number of H-pyrrole nitrogens is 1. The molecule has 0 saturated carbocycles. The highest BCUT2D eigenvalue weighted by Gasteiger charge is 2.19. The van der Waals surface area contributed by atoms with Gasteiger partial charge in [-0.2, -0.15) is 4.98 Å². The molecule has 0 radical (unpaired) electrons. The lowest BCUT2D eigenvalue weighted by Crippen LogP contribution is -2.46. The number of hydrogen-bond donors (Lipinski definition) is 2. The largest absolute Gasteiger partial charge is 0.478 e. The molecular formula is C25H29N5O3. The zero-order valence-electron chi connectivity index (χ0n) is 18.7. The minimum absolute atomic E-state index is 0.0148. The number of anilines is 2.